The molecule has 10 heteroatoms. The highest BCUT2D eigenvalue weighted by Crippen LogP contribution is 2.36. The smallest absolute Gasteiger partial charge is 0.311 e. The van der Waals surface area contributed by atoms with Crippen LogP contribution in [-0.2, 0) is 9.47 Å². The molecule has 0 spiro atoms. The SMILES string of the molecule is FC(F)(F)OCCOC(F)(F)C(F)(F)F. The van der Waals surface area contributed by atoms with Gasteiger partial charge in [-0.05, 0) is 0 Å². The Balaban J connectivity index is 3.87. The molecule has 0 aliphatic heterocycles. The summed E-state index contributed by atoms with van der Waals surface area (Å²) in [6.45, 7) is -2.98. The van der Waals surface area contributed by atoms with Crippen LogP contribution in [0.5, 0.6) is 0 Å². The minimum absolute atomic E-state index is 1.45. The number of rotatable bonds is 4. The van der Waals surface area contributed by atoms with Crippen molar-refractivity contribution in [3.8, 4) is 0 Å². The van der Waals surface area contributed by atoms with Crippen molar-refractivity contribution in [1.82, 2.24) is 0 Å². The number of halogens is 8. The Bertz CT molecular complexity index is 194. The Hall–Kier alpha value is -0.640. The fraction of sp³-hybridized carbons (Fsp3) is 1.00. The number of alkyl halides is 8. The molecule has 0 amide bonds. The molecule has 2 nitrogen and oxygen atoms in total. The van der Waals surface area contributed by atoms with Crippen molar-refractivity contribution in [2.45, 2.75) is 18.6 Å². The van der Waals surface area contributed by atoms with E-state index in [9.17, 15) is 35.1 Å². The van der Waals surface area contributed by atoms with Crippen LogP contribution in [0.3, 0.4) is 0 Å². The lowest BCUT2D eigenvalue weighted by Crippen LogP contribution is -2.40. The molecule has 15 heavy (non-hydrogen) atoms. The van der Waals surface area contributed by atoms with E-state index in [1.165, 1.54) is 0 Å². The summed E-state index contributed by atoms with van der Waals surface area (Å²) in [6.07, 6.45) is -16.6. The molecule has 0 rings (SSSR count). The Morgan fingerprint density at radius 3 is 1.40 bits per heavy atom. The van der Waals surface area contributed by atoms with Crippen molar-refractivity contribution in [1.29, 1.82) is 0 Å². The van der Waals surface area contributed by atoms with Gasteiger partial charge in [0.1, 0.15) is 0 Å². The first kappa shape index (κ1) is 14.4. The van der Waals surface area contributed by atoms with E-state index >= 15 is 0 Å². The van der Waals surface area contributed by atoms with Crippen molar-refractivity contribution < 1.29 is 44.6 Å². The second-order valence-corrected chi connectivity index (χ2v) is 2.16. The summed E-state index contributed by atoms with van der Waals surface area (Å²) in [5.74, 6) is 0. The summed E-state index contributed by atoms with van der Waals surface area (Å²) in [6, 6.07) is 0. The molecular weight excluding hydrogens is 244 g/mol. The van der Waals surface area contributed by atoms with E-state index in [1.54, 1.807) is 0 Å². The van der Waals surface area contributed by atoms with Gasteiger partial charge in [-0.2, -0.15) is 22.0 Å². The third kappa shape index (κ3) is 5.72. The van der Waals surface area contributed by atoms with Gasteiger partial charge in [0, 0.05) is 0 Å². The fourth-order valence-corrected chi connectivity index (χ4v) is 0.409. The molecule has 0 saturated carbocycles. The Morgan fingerprint density at radius 2 is 1.07 bits per heavy atom. The van der Waals surface area contributed by atoms with Gasteiger partial charge in [0.2, 0.25) is 0 Å². The van der Waals surface area contributed by atoms with Crippen LogP contribution >= 0.6 is 0 Å². The zero-order valence-corrected chi connectivity index (χ0v) is 6.75. The molecule has 0 bridgehead atoms. The van der Waals surface area contributed by atoms with E-state index in [0.29, 0.717) is 0 Å². The van der Waals surface area contributed by atoms with Gasteiger partial charge >= 0.3 is 18.6 Å². The molecule has 0 aromatic rings. The molecule has 0 saturated heterocycles. The van der Waals surface area contributed by atoms with Crippen molar-refractivity contribution in [2.75, 3.05) is 13.2 Å². The zero-order valence-electron chi connectivity index (χ0n) is 6.75. The average molecular weight is 248 g/mol. The first-order valence-electron chi connectivity index (χ1n) is 3.25. The van der Waals surface area contributed by atoms with Crippen LogP contribution in [0.1, 0.15) is 0 Å². The fourth-order valence-electron chi connectivity index (χ4n) is 0.409. The molecular formula is C5H4F8O2. The van der Waals surface area contributed by atoms with Crippen molar-refractivity contribution in [3.05, 3.63) is 0 Å². The molecule has 0 N–H and O–H groups in total. The van der Waals surface area contributed by atoms with Crippen LogP contribution in [0.25, 0.3) is 0 Å². The van der Waals surface area contributed by atoms with Crippen LogP contribution < -0.4 is 0 Å². The maximum atomic E-state index is 11.9. The van der Waals surface area contributed by atoms with Crippen molar-refractivity contribution >= 4 is 0 Å². The normalized spacial score (nSPS) is 14.4. The lowest BCUT2D eigenvalue weighted by Gasteiger charge is -2.19. The summed E-state index contributed by atoms with van der Waals surface area (Å²) < 4.78 is 97.3. The predicted octanol–water partition coefficient (Wildman–Crippen LogP) is 2.69. The van der Waals surface area contributed by atoms with Crippen molar-refractivity contribution in [2.24, 2.45) is 0 Å². The Kier molecular flexibility index (Phi) is 4.28. The summed E-state index contributed by atoms with van der Waals surface area (Å²) >= 11 is 0. The standard InChI is InChI=1S/C5H4F8O2/c6-3(7,8)4(9,10)14-1-2-15-5(11,12)13/h1-2H2. The van der Waals surface area contributed by atoms with Gasteiger partial charge in [0.25, 0.3) is 0 Å². The topological polar surface area (TPSA) is 18.5 Å². The van der Waals surface area contributed by atoms with Gasteiger partial charge in [-0.3, -0.25) is 4.74 Å². The first-order chi connectivity index (χ1) is 6.46. The van der Waals surface area contributed by atoms with Gasteiger partial charge in [0.15, 0.2) is 0 Å². The van der Waals surface area contributed by atoms with Crippen molar-refractivity contribution in [3.63, 3.8) is 0 Å². The molecule has 0 atom stereocenters. The van der Waals surface area contributed by atoms with Crippen LogP contribution in [0.4, 0.5) is 35.1 Å². The van der Waals surface area contributed by atoms with Crippen LogP contribution in [-0.4, -0.2) is 31.9 Å². The van der Waals surface area contributed by atoms with Gasteiger partial charge < -0.3 is 4.74 Å². The minimum Gasteiger partial charge on any atom is -0.311 e. The second-order valence-electron chi connectivity index (χ2n) is 2.16. The number of hydrogen-bond donors (Lipinski definition) is 0. The minimum atomic E-state index is -5.97. The molecule has 0 aromatic heterocycles. The molecule has 0 aliphatic rings. The summed E-state index contributed by atoms with van der Waals surface area (Å²) in [5, 5.41) is 0. The number of hydrogen-bond acceptors (Lipinski definition) is 2. The molecule has 92 valence electrons. The maximum absolute atomic E-state index is 11.9. The largest absolute Gasteiger partial charge is 0.522 e. The van der Waals surface area contributed by atoms with Crippen LogP contribution in [0, 0.1) is 0 Å². The van der Waals surface area contributed by atoms with E-state index in [4.69, 9.17) is 0 Å². The van der Waals surface area contributed by atoms with Gasteiger partial charge in [-0.25, -0.2) is 0 Å². The third-order valence-electron chi connectivity index (χ3n) is 0.962. The van der Waals surface area contributed by atoms with E-state index in [1.807, 2.05) is 0 Å². The van der Waals surface area contributed by atoms with Gasteiger partial charge in [-0.1, -0.05) is 0 Å². The Morgan fingerprint density at radius 1 is 0.667 bits per heavy atom. The highest BCUT2D eigenvalue weighted by molar-refractivity contribution is 4.63. The van der Waals surface area contributed by atoms with E-state index in [-0.39, 0.29) is 0 Å². The number of ether oxygens (including phenoxy) is 2. The van der Waals surface area contributed by atoms with Crippen LogP contribution in [0.15, 0.2) is 0 Å². The molecule has 0 heterocycles. The average Bonchev–Trinajstić information content (AvgIpc) is 1.94. The van der Waals surface area contributed by atoms with E-state index in [2.05, 4.69) is 9.47 Å². The monoisotopic (exact) mass is 248 g/mol. The summed E-state index contributed by atoms with van der Waals surface area (Å²) in [7, 11) is 0. The molecule has 0 aromatic carbocycles. The highest BCUT2D eigenvalue weighted by Gasteiger charge is 2.59. The molecule has 0 aliphatic carbocycles. The van der Waals surface area contributed by atoms with Gasteiger partial charge in [0.05, 0.1) is 13.2 Å². The molecule has 0 fully saturated rings. The zero-order chi connectivity index (χ0) is 12.3. The maximum Gasteiger partial charge on any atom is 0.522 e. The molecule has 0 unspecified atom stereocenters. The lowest BCUT2D eigenvalue weighted by atomic mass is 10.6. The second kappa shape index (κ2) is 4.47. The van der Waals surface area contributed by atoms with Crippen LogP contribution in [0.2, 0.25) is 0 Å². The Labute approximate surface area is 77.8 Å². The summed E-state index contributed by atoms with van der Waals surface area (Å²) in [5.41, 5.74) is 0. The molecule has 0 radical (unpaired) electrons. The highest BCUT2D eigenvalue weighted by atomic mass is 19.4. The summed E-state index contributed by atoms with van der Waals surface area (Å²) in [4.78, 5) is 0. The first-order valence-corrected chi connectivity index (χ1v) is 3.25. The quantitative estimate of drug-likeness (QED) is 0.562. The predicted molar refractivity (Wildman–Crippen MR) is 29.0 cm³/mol. The van der Waals surface area contributed by atoms with E-state index in [0.717, 1.165) is 0 Å². The van der Waals surface area contributed by atoms with E-state index < -0.39 is 31.9 Å². The third-order valence-corrected chi connectivity index (χ3v) is 0.962. The lowest BCUT2D eigenvalue weighted by molar-refractivity contribution is -0.398. The van der Waals surface area contributed by atoms with Gasteiger partial charge in [-0.15, -0.1) is 13.2 Å².